The summed E-state index contributed by atoms with van der Waals surface area (Å²) in [6.07, 6.45) is 9.47. The van der Waals surface area contributed by atoms with E-state index in [1.807, 2.05) is 83.6 Å². The van der Waals surface area contributed by atoms with Crippen LogP contribution in [0.4, 0.5) is 17.1 Å². The van der Waals surface area contributed by atoms with Crippen molar-refractivity contribution in [1.29, 1.82) is 0 Å². The van der Waals surface area contributed by atoms with Gasteiger partial charge in [-0.2, -0.15) is 30.7 Å². The van der Waals surface area contributed by atoms with Crippen LogP contribution in [0, 0.1) is 25.3 Å². The van der Waals surface area contributed by atoms with Crippen LogP contribution in [0.2, 0.25) is 0 Å². The standard InChI is InChI=1S/C38H34N3O5.C8H17.Y/c1-23-16-30-31(39-22-28-18-26-9-4-6-11-33(26)41(28)38(30)43)21-34(23)45-14-7-15-46-36-19-24-12-13-27-17-25-8-3-5-10-32(25)40(27)37(42)29(24)20-35(36)44-2;1-5-6-7-8(2,3)4;/h3-5,8-11,16,19-22,27-28H,7,12-15,17-18H2,1-2H3;1,5-7H2,2-4H3;/q2*-1;/t27-,28+;;/m1../s1. The first kappa shape index (κ1) is 40.7. The van der Waals surface area contributed by atoms with Crippen LogP contribution < -0.4 is 24.0 Å². The van der Waals surface area contributed by atoms with Crippen molar-refractivity contribution >= 4 is 35.1 Å². The van der Waals surface area contributed by atoms with E-state index in [0.717, 1.165) is 60.2 Å². The third-order valence-electron chi connectivity index (χ3n) is 10.7. The van der Waals surface area contributed by atoms with Gasteiger partial charge in [-0.05, 0) is 79.0 Å². The number of amides is 2. The summed E-state index contributed by atoms with van der Waals surface area (Å²) in [6.45, 7) is 13.4. The van der Waals surface area contributed by atoms with Gasteiger partial charge in [0.15, 0.2) is 11.5 Å². The van der Waals surface area contributed by atoms with Crippen molar-refractivity contribution in [1.82, 2.24) is 0 Å². The van der Waals surface area contributed by atoms with Crippen LogP contribution in [0.15, 0.2) is 71.7 Å². The maximum absolute atomic E-state index is 13.7. The summed E-state index contributed by atoms with van der Waals surface area (Å²) in [7, 11) is 1.60. The van der Waals surface area contributed by atoms with Gasteiger partial charge in [-0.25, -0.2) is 0 Å². The monoisotopic (exact) mass is 814 g/mol. The zero-order valence-electron chi connectivity index (χ0n) is 32.8. The Morgan fingerprint density at radius 2 is 1.60 bits per heavy atom. The van der Waals surface area contributed by atoms with Crippen molar-refractivity contribution in [2.24, 2.45) is 10.4 Å². The molecule has 0 N–H and O–H groups in total. The van der Waals surface area contributed by atoms with E-state index < -0.39 is 0 Å². The van der Waals surface area contributed by atoms with Crippen molar-refractivity contribution in [3.05, 3.63) is 113 Å². The van der Waals surface area contributed by atoms with Crippen LogP contribution >= 0.6 is 0 Å². The van der Waals surface area contributed by atoms with Crippen molar-refractivity contribution in [3.8, 4) is 17.2 Å². The van der Waals surface area contributed by atoms with E-state index in [9.17, 15) is 9.59 Å². The van der Waals surface area contributed by atoms with Gasteiger partial charge >= 0.3 is 0 Å². The molecule has 0 fully saturated rings. The number of hydrogen-bond donors (Lipinski definition) is 0. The molecule has 1 radical (unpaired) electrons. The molecule has 0 spiro atoms. The summed E-state index contributed by atoms with van der Waals surface area (Å²) in [5.41, 5.74) is 8.51. The van der Waals surface area contributed by atoms with Crippen LogP contribution in [0.3, 0.4) is 0 Å². The van der Waals surface area contributed by atoms with Crippen LogP contribution in [-0.4, -0.2) is 50.4 Å². The number of nitrogens with zero attached hydrogens (tertiary/aromatic N) is 3. The van der Waals surface area contributed by atoms with Crippen LogP contribution in [0.1, 0.15) is 95.8 Å². The Morgan fingerprint density at radius 3 is 2.35 bits per heavy atom. The molecule has 4 aliphatic rings. The number of hydrogen-bond acceptors (Lipinski definition) is 6. The molecule has 0 aliphatic carbocycles. The molecule has 55 heavy (non-hydrogen) atoms. The SMILES string of the molecule is COc1cc2c(cc1OCCCOc1cc3c(cc1C)C(=O)N1c4c[c-]ccc4C[C@H]1C=N3)CC[C@@H]1Cc3ccccc3N1C2=O.[CH2-]CCCC(C)(C)C.[Y]. The fraction of sp³-hybridized carbons (Fsp3) is 0.391. The van der Waals surface area contributed by atoms with Gasteiger partial charge in [-0.3, -0.25) is 14.6 Å². The first-order valence-corrected chi connectivity index (χ1v) is 19.2. The minimum atomic E-state index is -0.107. The maximum Gasteiger partial charge on any atom is 0.258 e. The van der Waals surface area contributed by atoms with E-state index in [1.165, 1.54) is 18.4 Å². The second kappa shape index (κ2) is 17.4. The van der Waals surface area contributed by atoms with Crippen LogP contribution in [0.25, 0.3) is 0 Å². The number of rotatable bonds is 9. The van der Waals surface area contributed by atoms with Gasteiger partial charge in [0.05, 0.1) is 37.6 Å². The molecule has 0 saturated carbocycles. The number of aryl methyl sites for hydroxylation is 2. The molecule has 4 heterocycles. The minimum Gasteiger partial charge on any atom is -0.493 e. The van der Waals surface area contributed by atoms with E-state index in [1.54, 1.807) is 7.11 Å². The van der Waals surface area contributed by atoms with Crippen LogP contribution in [0.5, 0.6) is 17.2 Å². The normalized spacial score (nSPS) is 17.6. The molecule has 9 heteroatoms. The number of aliphatic imine (C=N–C) groups is 1. The predicted octanol–water partition coefficient (Wildman–Crippen LogP) is 9.49. The molecular weight excluding hydrogens is 763 g/mol. The van der Waals surface area contributed by atoms with Gasteiger partial charge in [-0.15, -0.1) is 5.56 Å². The van der Waals surface area contributed by atoms with Gasteiger partial charge in [0.2, 0.25) is 5.91 Å². The Labute approximate surface area is 351 Å². The number of benzene rings is 4. The summed E-state index contributed by atoms with van der Waals surface area (Å²) in [5, 5.41) is 0. The van der Waals surface area contributed by atoms with Crippen molar-refractivity contribution < 1.29 is 56.5 Å². The molecule has 2 amide bonds. The number of anilines is 2. The van der Waals surface area contributed by atoms with Gasteiger partial charge in [0, 0.05) is 68.7 Å². The zero-order chi connectivity index (χ0) is 38.0. The van der Waals surface area contributed by atoms with Gasteiger partial charge in [-0.1, -0.05) is 57.5 Å². The summed E-state index contributed by atoms with van der Waals surface area (Å²) >= 11 is 0. The predicted molar refractivity (Wildman–Crippen MR) is 215 cm³/mol. The van der Waals surface area contributed by atoms with E-state index in [2.05, 4.69) is 39.8 Å². The molecular formula is C46H51N3O5Y-2. The number of unbranched alkanes of at least 4 members (excludes halogenated alkanes) is 1. The van der Waals surface area contributed by atoms with Gasteiger partial charge < -0.3 is 30.9 Å². The molecule has 8 rings (SSSR count). The molecule has 0 saturated heterocycles. The Hall–Kier alpha value is -4.01. The molecule has 285 valence electrons. The summed E-state index contributed by atoms with van der Waals surface area (Å²) in [5.74, 6) is 1.84. The second-order valence-corrected chi connectivity index (χ2v) is 15.8. The van der Waals surface area contributed by atoms with Gasteiger partial charge in [0.25, 0.3) is 5.91 Å². The molecule has 4 aromatic rings. The van der Waals surface area contributed by atoms with Crippen molar-refractivity contribution in [2.75, 3.05) is 30.1 Å². The molecule has 8 nitrogen and oxygen atoms in total. The third kappa shape index (κ3) is 8.71. The quantitative estimate of drug-likeness (QED) is 0.124. The summed E-state index contributed by atoms with van der Waals surface area (Å²) in [6, 6.07) is 24.6. The summed E-state index contributed by atoms with van der Waals surface area (Å²) < 4.78 is 18.0. The number of ether oxygens (including phenoxy) is 3. The average molecular weight is 815 g/mol. The Balaban J connectivity index is 0.000000518. The van der Waals surface area contributed by atoms with Gasteiger partial charge in [0.1, 0.15) is 5.75 Å². The van der Waals surface area contributed by atoms with Crippen molar-refractivity contribution in [2.45, 2.75) is 91.1 Å². The molecule has 0 bridgehead atoms. The molecule has 4 aromatic carbocycles. The summed E-state index contributed by atoms with van der Waals surface area (Å²) in [4.78, 5) is 35.8. The Kier molecular flexibility index (Phi) is 12.9. The van der Waals surface area contributed by atoms with E-state index in [0.29, 0.717) is 59.1 Å². The molecule has 0 aromatic heterocycles. The second-order valence-electron chi connectivity index (χ2n) is 15.8. The molecule has 0 unspecified atom stereocenters. The largest absolute Gasteiger partial charge is 0.493 e. The number of para-hydroxylation sites is 1. The first-order valence-electron chi connectivity index (χ1n) is 19.2. The smallest absolute Gasteiger partial charge is 0.258 e. The topological polar surface area (TPSA) is 80.7 Å². The van der Waals surface area contributed by atoms with E-state index in [4.69, 9.17) is 19.2 Å². The molecule has 4 aliphatic heterocycles. The Morgan fingerprint density at radius 1 is 0.855 bits per heavy atom. The fourth-order valence-corrected chi connectivity index (χ4v) is 7.91. The number of carbonyl (C=O) groups is 2. The zero-order valence-corrected chi connectivity index (χ0v) is 35.7. The van der Waals surface area contributed by atoms with E-state index >= 15 is 0 Å². The number of methoxy groups -OCH3 is 1. The number of fused-ring (bicyclic) bond motifs is 8. The van der Waals surface area contributed by atoms with Crippen molar-refractivity contribution in [3.63, 3.8) is 0 Å². The first-order chi connectivity index (χ1) is 26.1. The molecule has 2 atom stereocenters. The fourth-order valence-electron chi connectivity index (χ4n) is 7.91. The third-order valence-corrected chi connectivity index (χ3v) is 10.7. The Bertz CT molecular complexity index is 2070. The maximum atomic E-state index is 13.7. The number of carbonyl (C=O) groups excluding carboxylic acids is 2. The minimum absolute atomic E-state index is 0. The average Bonchev–Trinajstić information content (AvgIpc) is 3.65. The van der Waals surface area contributed by atoms with Crippen LogP contribution in [-0.2, 0) is 52.0 Å². The van der Waals surface area contributed by atoms with E-state index in [-0.39, 0.29) is 56.6 Å².